The third-order valence-corrected chi connectivity index (χ3v) is 3.83. The van der Waals surface area contributed by atoms with Crippen LogP contribution in [0.2, 0.25) is 0 Å². The lowest BCUT2D eigenvalue weighted by atomic mass is 10.0. The van der Waals surface area contributed by atoms with Crippen LogP contribution in [0.5, 0.6) is 5.75 Å². The van der Waals surface area contributed by atoms with Gasteiger partial charge in [-0.05, 0) is 17.7 Å². The molecule has 104 valence electrons. The number of benzene rings is 2. The zero-order valence-electron chi connectivity index (χ0n) is 11.2. The summed E-state index contributed by atoms with van der Waals surface area (Å²) >= 11 is 0. The minimum Gasteiger partial charge on any atom is -0.426 e. The monoisotopic (exact) mass is 290 g/mol. The molecule has 0 atom stereocenters. The summed E-state index contributed by atoms with van der Waals surface area (Å²) in [6.45, 7) is 1.28. The summed E-state index contributed by atoms with van der Waals surface area (Å²) in [6.07, 6.45) is 1.11. The SMILES string of the molecule is CC(=O)Oc1cc(S(C)(=O)=O)ccc1-c1ccccc1. The van der Waals surface area contributed by atoms with Crippen LogP contribution in [-0.4, -0.2) is 20.6 Å². The van der Waals surface area contributed by atoms with Crippen LogP contribution in [-0.2, 0) is 14.6 Å². The molecule has 4 nitrogen and oxygen atoms in total. The van der Waals surface area contributed by atoms with Gasteiger partial charge in [0.1, 0.15) is 5.75 Å². The standard InChI is InChI=1S/C15H14O4S/c1-11(16)19-15-10-13(20(2,17)18)8-9-14(15)12-6-4-3-5-7-12/h3-10H,1-2H3. The van der Waals surface area contributed by atoms with Crippen molar-refractivity contribution in [1.29, 1.82) is 0 Å². The van der Waals surface area contributed by atoms with E-state index in [4.69, 9.17) is 4.74 Å². The lowest BCUT2D eigenvalue weighted by Crippen LogP contribution is -2.05. The molecule has 0 fully saturated rings. The lowest BCUT2D eigenvalue weighted by molar-refractivity contribution is -0.131. The minimum absolute atomic E-state index is 0.119. The number of rotatable bonds is 3. The molecule has 0 saturated heterocycles. The van der Waals surface area contributed by atoms with Crippen LogP contribution in [0.1, 0.15) is 6.92 Å². The number of carbonyl (C=O) groups excluding carboxylic acids is 1. The molecule has 20 heavy (non-hydrogen) atoms. The van der Waals surface area contributed by atoms with Gasteiger partial charge in [-0.2, -0.15) is 0 Å². The highest BCUT2D eigenvalue weighted by molar-refractivity contribution is 7.90. The number of esters is 1. The normalized spacial score (nSPS) is 11.1. The Bertz CT molecular complexity index is 734. The van der Waals surface area contributed by atoms with Crippen molar-refractivity contribution >= 4 is 15.8 Å². The highest BCUT2D eigenvalue weighted by atomic mass is 32.2. The van der Waals surface area contributed by atoms with Crippen molar-refractivity contribution in [2.24, 2.45) is 0 Å². The fraction of sp³-hybridized carbons (Fsp3) is 0.133. The molecule has 0 aliphatic carbocycles. The average Bonchev–Trinajstić information content (AvgIpc) is 2.38. The maximum atomic E-state index is 11.6. The molecule has 0 saturated carbocycles. The minimum atomic E-state index is -3.35. The van der Waals surface area contributed by atoms with E-state index in [9.17, 15) is 13.2 Å². The van der Waals surface area contributed by atoms with Crippen LogP contribution in [0.15, 0.2) is 53.4 Å². The highest BCUT2D eigenvalue weighted by Gasteiger charge is 2.14. The van der Waals surface area contributed by atoms with Crippen LogP contribution in [0, 0.1) is 0 Å². The van der Waals surface area contributed by atoms with Crippen molar-refractivity contribution in [1.82, 2.24) is 0 Å². The van der Waals surface area contributed by atoms with Crippen LogP contribution >= 0.6 is 0 Å². The van der Waals surface area contributed by atoms with Crippen LogP contribution in [0.4, 0.5) is 0 Å². The van der Waals surface area contributed by atoms with Gasteiger partial charge in [-0.25, -0.2) is 8.42 Å². The number of sulfone groups is 1. The average molecular weight is 290 g/mol. The molecule has 2 rings (SSSR count). The molecule has 2 aromatic carbocycles. The largest absolute Gasteiger partial charge is 0.426 e. The van der Waals surface area contributed by atoms with Gasteiger partial charge in [0.05, 0.1) is 4.90 Å². The van der Waals surface area contributed by atoms with Crippen molar-refractivity contribution in [3.05, 3.63) is 48.5 Å². The summed E-state index contributed by atoms with van der Waals surface area (Å²) in [5.74, 6) is -0.251. The third-order valence-electron chi connectivity index (χ3n) is 2.72. The zero-order chi connectivity index (χ0) is 14.8. The first-order valence-corrected chi connectivity index (χ1v) is 7.85. The van der Waals surface area contributed by atoms with Gasteiger partial charge in [0, 0.05) is 24.8 Å². The van der Waals surface area contributed by atoms with E-state index in [1.54, 1.807) is 6.07 Å². The molecule has 0 aliphatic heterocycles. The smallest absolute Gasteiger partial charge is 0.308 e. The molecule has 0 aromatic heterocycles. The van der Waals surface area contributed by atoms with E-state index >= 15 is 0 Å². The number of hydrogen-bond acceptors (Lipinski definition) is 4. The molecule has 0 amide bonds. The van der Waals surface area contributed by atoms with Gasteiger partial charge < -0.3 is 4.74 Å². The molecular formula is C15H14O4S. The Morgan fingerprint density at radius 2 is 1.70 bits per heavy atom. The molecule has 0 bridgehead atoms. The fourth-order valence-electron chi connectivity index (χ4n) is 1.83. The fourth-order valence-corrected chi connectivity index (χ4v) is 2.47. The van der Waals surface area contributed by atoms with Crippen LogP contribution < -0.4 is 4.74 Å². The van der Waals surface area contributed by atoms with Gasteiger partial charge in [-0.1, -0.05) is 30.3 Å². The summed E-state index contributed by atoms with van der Waals surface area (Å²) in [5.41, 5.74) is 1.53. The van der Waals surface area contributed by atoms with E-state index in [2.05, 4.69) is 0 Å². The summed E-state index contributed by atoms with van der Waals surface area (Å²) in [5, 5.41) is 0. The van der Waals surface area contributed by atoms with Crippen molar-refractivity contribution in [3.8, 4) is 16.9 Å². The lowest BCUT2D eigenvalue weighted by Gasteiger charge is -2.10. The highest BCUT2D eigenvalue weighted by Crippen LogP contribution is 2.32. The number of carbonyl (C=O) groups is 1. The van der Waals surface area contributed by atoms with Gasteiger partial charge >= 0.3 is 5.97 Å². The van der Waals surface area contributed by atoms with Crippen molar-refractivity contribution in [2.75, 3.05) is 6.26 Å². The van der Waals surface area contributed by atoms with Gasteiger partial charge in [0.15, 0.2) is 9.84 Å². The van der Waals surface area contributed by atoms with E-state index in [-0.39, 0.29) is 10.6 Å². The first-order valence-electron chi connectivity index (χ1n) is 5.96. The van der Waals surface area contributed by atoms with Gasteiger partial charge in [-0.3, -0.25) is 4.79 Å². The predicted molar refractivity (Wildman–Crippen MR) is 76.3 cm³/mol. The van der Waals surface area contributed by atoms with E-state index in [0.717, 1.165) is 11.8 Å². The van der Waals surface area contributed by atoms with E-state index in [1.165, 1.54) is 19.1 Å². The van der Waals surface area contributed by atoms with E-state index < -0.39 is 15.8 Å². The first-order chi connectivity index (χ1) is 9.38. The molecule has 0 spiro atoms. The molecule has 0 aliphatic rings. The first kappa shape index (κ1) is 14.3. The van der Waals surface area contributed by atoms with Crippen molar-refractivity contribution in [2.45, 2.75) is 11.8 Å². The molecule has 0 N–H and O–H groups in total. The Labute approximate surface area is 117 Å². The van der Waals surface area contributed by atoms with E-state index in [1.807, 2.05) is 30.3 Å². The topological polar surface area (TPSA) is 60.4 Å². The second-order valence-corrected chi connectivity index (χ2v) is 6.41. The molecule has 0 unspecified atom stereocenters. The molecule has 2 aromatic rings. The van der Waals surface area contributed by atoms with Gasteiger partial charge in [-0.15, -0.1) is 0 Å². The van der Waals surface area contributed by atoms with Crippen LogP contribution in [0.25, 0.3) is 11.1 Å². The summed E-state index contributed by atoms with van der Waals surface area (Å²) in [7, 11) is -3.35. The van der Waals surface area contributed by atoms with Gasteiger partial charge in [0.25, 0.3) is 0 Å². The molecule has 5 heteroatoms. The third kappa shape index (κ3) is 3.24. The Morgan fingerprint density at radius 3 is 2.25 bits per heavy atom. The van der Waals surface area contributed by atoms with Gasteiger partial charge in [0.2, 0.25) is 0 Å². The predicted octanol–water partition coefficient (Wildman–Crippen LogP) is 2.68. The maximum absolute atomic E-state index is 11.6. The van der Waals surface area contributed by atoms with Crippen LogP contribution in [0.3, 0.4) is 0 Å². The molecule has 0 heterocycles. The zero-order valence-corrected chi connectivity index (χ0v) is 12.0. The Morgan fingerprint density at radius 1 is 1.05 bits per heavy atom. The molecule has 0 radical (unpaired) electrons. The Balaban J connectivity index is 2.60. The Hall–Kier alpha value is -2.14. The van der Waals surface area contributed by atoms with Crippen molar-refractivity contribution < 1.29 is 17.9 Å². The number of ether oxygens (including phenoxy) is 1. The Kier molecular flexibility index (Phi) is 3.90. The summed E-state index contributed by atoms with van der Waals surface area (Å²) in [6, 6.07) is 13.8. The van der Waals surface area contributed by atoms with Crippen molar-refractivity contribution in [3.63, 3.8) is 0 Å². The number of hydrogen-bond donors (Lipinski definition) is 0. The second kappa shape index (κ2) is 5.46. The molecular weight excluding hydrogens is 276 g/mol. The summed E-state index contributed by atoms with van der Waals surface area (Å²) < 4.78 is 28.3. The van der Waals surface area contributed by atoms with E-state index in [0.29, 0.717) is 5.56 Å². The second-order valence-electron chi connectivity index (χ2n) is 4.39. The maximum Gasteiger partial charge on any atom is 0.308 e. The summed E-state index contributed by atoms with van der Waals surface area (Å²) in [4.78, 5) is 11.3. The quantitative estimate of drug-likeness (QED) is 0.644.